The number of fused-ring (bicyclic) bond motifs is 2. The quantitative estimate of drug-likeness (QED) is 0.777. The van der Waals surface area contributed by atoms with Crippen LogP contribution in [0.25, 0.3) is 5.69 Å². The Bertz CT molecular complexity index is 930. The molecule has 6 heteroatoms. The minimum atomic E-state index is 0.154. The van der Waals surface area contributed by atoms with E-state index >= 15 is 0 Å². The summed E-state index contributed by atoms with van der Waals surface area (Å²) in [7, 11) is 0. The van der Waals surface area contributed by atoms with E-state index in [0.717, 1.165) is 38.2 Å². The van der Waals surface area contributed by atoms with Crippen molar-refractivity contribution in [2.24, 2.45) is 0 Å². The van der Waals surface area contributed by atoms with Crippen LogP contribution in [-0.2, 0) is 18.4 Å². The molecule has 3 aromatic rings. The fourth-order valence-electron chi connectivity index (χ4n) is 4.76. The first-order valence-electron chi connectivity index (χ1n) is 9.63. The monoisotopic (exact) mass is 360 g/mol. The van der Waals surface area contributed by atoms with Crippen molar-refractivity contribution in [3.05, 3.63) is 66.0 Å². The average molecular weight is 360 g/mol. The Morgan fingerprint density at radius 2 is 2.04 bits per heavy atom. The van der Waals surface area contributed by atoms with Gasteiger partial charge in [0.05, 0.1) is 12.0 Å². The molecular formula is C21H24N6. The first-order valence-corrected chi connectivity index (χ1v) is 9.63. The maximum Gasteiger partial charge on any atom is 0.220 e. The first-order chi connectivity index (χ1) is 13.2. The lowest BCUT2D eigenvalue weighted by molar-refractivity contribution is 0.137. The summed E-state index contributed by atoms with van der Waals surface area (Å²) in [5, 5.41) is 0. The van der Waals surface area contributed by atoms with E-state index in [9.17, 15) is 0 Å². The van der Waals surface area contributed by atoms with Gasteiger partial charge in [0.15, 0.2) is 0 Å². The Hall–Kier alpha value is -2.73. The van der Waals surface area contributed by atoms with Crippen molar-refractivity contribution < 1.29 is 0 Å². The normalized spacial score (nSPS) is 22.2. The Morgan fingerprint density at radius 1 is 1.15 bits per heavy atom. The van der Waals surface area contributed by atoms with Crippen LogP contribution in [0.15, 0.2) is 49.2 Å². The molecule has 1 fully saturated rings. The molecule has 1 aliphatic heterocycles. The molecule has 27 heavy (non-hydrogen) atoms. The zero-order chi connectivity index (χ0) is 18.3. The minimum Gasteiger partial charge on any atom is -0.368 e. The third-order valence-corrected chi connectivity index (χ3v) is 6.06. The van der Waals surface area contributed by atoms with Gasteiger partial charge in [-0.1, -0.05) is 12.1 Å². The van der Waals surface area contributed by atoms with Gasteiger partial charge in [-0.25, -0.2) is 15.0 Å². The van der Waals surface area contributed by atoms with Crippen molar-refractivity contribution in [1.29, 1.82) is 0 Å². The smallest absolute Gasteiger partial charge is 0.220 e. The third-order valence-electron chi connectivity index (χ3n) is 6.06. The standard InChI is InChI=1S/C21H24N6/c22-20-24-12-17-6-8-21(19(17)25-20)7-1-10-26(14-21)13-16-2-4-18(5-3-16)27-11-9-23-15-27/h2-5,9,11-12,15H,1,6-8,10,13-14H2,(H2,22,24,25). The summed E-state index contributed by atoms with van der Waals surface area (Å²) in [6, 6.07) is 8.77. The van der Waals surface area contributed by atoms with E-state index in [0.29, 0.717) is 5.95 Å². The summed E-state index contributed by atoms with van der Waals surface area (Å²) >= 11 is 0. The summed E-state index contributed by atoms with van der Waals surface area (Å²) in [5.41, 5.74) is 11.0. The SMILES string of the molecule is Nc1ncc2c(n1)C1(CCCN(Cc3ccc(-n4ccnc4)cc3)C1)CC2. The molecule has 5 rings (SSSR count). The van der Waals surface area contributed by atoms with Crippen molar-refractivity contribution in [2.75, 3.05) is 18.8 Å². The Balaban J connectivity index is 1.33. The van der Waals surface area contributed by atoms with Gasteiger partial charge in [-0.15, -0.1) is 0 Å². The van der Waals surface area contributed by atoms with Gasteiger partial charge in [-0.3, -0.25) is 4.90 Å². The molecule has 0 radical (unpaired) electrons. The summed E-state index contributed by atoms with van der Waals surface area (Å²) in [6.07, 6.45) is 12.2. The molecule has 1 spiro atoms. The van der Waals surface area contributed by atoms with Crippen molar-refractivity contribution in [1.82, 2.24) is 24.4 Å². The summed E-state index contributed by atoms with van der Waals surface area (Å²) in [4.78, 5) is 15.5. The van der Waals surface area contributed by atoms with Crippen LogP contribution in [0.5, 0.6) is 0 Å². The van der Waals surface area contributed by atoms with Gasteiger partial charge in [0.1, 0.15) is 0 Å². The van der Waals surface area contributed by atoms with Crippen LogP contribution in [0.1, 0.15) is 36.1 Å². The molecule has 1 saturated heterocycles. The van der Waals surface area contributed by atoms with Crippen molar-refractivity contribution in [3.63, 3.8) is 0 Å². The molecule has 3 heterocycles. The van der Waals surface area contributed by atoms with Gasteiger partial charge in [-0.05, 0) is 55.5 Å². The third kappa shape index (κ3) is 3.00. The highest BCUT2D eigenvalue weighted by atomic mass is 15.1. The summed E-state index contributed by atoms with van der Waals surface area (Å²) in [5.74, 6) is 0.405. The number of hydrogen-bond donors (Lipinski definition) is 1. The number of piperidine rings is 1. The number of nitrogen functional groups attached to an aromatic ring is 1. The summed E-state index contributed by atoms with van der Waals surface area (Å²) in [6.45, 7) is 3.17. The first kappa shape index (κ1) is 16.4. The lowest BCUT2D eigenvalue weighted by atomic mass is 9.77. The second-order valence-corrected chi connectivity index (χ2v) is 7.83. The van der Waals surface area contributed by atoms with E-state index in [1.54, 1.807) is 6.20 Å². The van der Waals surface area contributed by atoms with Crippen LogP contribution in [-0.4, -0.2) is 37.5 Å². The molecule has 1 unspecified atom stereocenters. The Labute approximate surface area is 159 Å². The van der Waals surface area contributed by atoms with Crippen LogP contribution in [0.3, 0.4) is 0 Å². The van der Waals surface area contributed by atoms with Gasteiger partial charge < -0.3 is 10.3 Å². The van der Waals surface area contributed by atoms with Gasteiger partial charge in [0, 0.05) is 42.8 Å². The number of nitrogens with two attached hydrogens (primary N) is 1. The highest BCUT2D eigenvalue weighted by Gasteiger charge is 2.43. The maximum absolute atomic E-state index is 5.89. The molecular weight excluding hydrogens is 336 g/mol. The number of anilines is 1. The topological polar surface area (TPSA) is 72.9 Å². The van der Waals surface area contributed by atoms with Gasteiger partial charge in [0.2, 0.25) is 5.95 Å². The number of aromatic nitrogens is 4. The summed E-state index contributed by atoms with van der Waals surface area (Å²) < 4.78 is 2.03. The molecule has 1 atom stereocenters. The molecule has 0 saturated carbocycles. The van der Waals surface area contributed by atoms with Crippen LogP contribution in [0.2, 0.25) is 0 Å². The van der Waals surface area contributed by atoms with Gasteiger partial charge >= 0.3 is 0 Å². The van der Waals surface area contributed by atoms with E-state index in [-0.39, 0.29) is 5.41 Å². The van der Waals surface area contributed by atoms with E-state index in [4.69, 9.17) is 5.73 Å². The Kier molecular flexibility index (Phi) is 3.93. The number of imidazole rings is 1. The molecule has 2 aliphatic rings. The number of nitrogens with zero attached hydrogens (tertiary/aromatic N) is 5. The molecule has 2 N–H and O–H groups in total. The fourth-order valence-corrected chi connectivity index (χ4v) is 4.76. The molecule has 2 aromatic heterocycles. The van der Waals surface area contributed by atoms with E-state index < -0.39 is 0 Å². The van der Waals surface area contributed by atoms with Crippen molar-refractivity contribution in [2.45, 2.75) is 37.6 Å². The highest BCUT2D eigenvalue weighted by molar-refractivity contribution is 5.37. The van der Waals surface area contributed by atoms with E-state index in [1.807, 2.05) is 23.3 Å². The number of aryl methyl sites for hydroxylation is 1. The van der Waals surface area contributed by atoms with Crippen LogP contribution in [0, 0.1) is 0 Å². The average Bonchev–Trinajstić information content (AvgIpc) is 3.33. The van der Waals surface area contributed by atoms with Gasteiger partial charge in [-0.2, -0.15) is 0 Å². The molecule has 1 aliphatic carbocycles. The molecule has 0 amide bonds. The number of hydrogen-bond acceptors (Lipinski definition) is 5. The van der Waals surface area contributed by atoms with Crippen LogP contribution < -0.4 is 5.73 Å². The second kappa shape index (κ2) is 6.46. The van der Waals surface area contributed by atoms with Crippen LogP contribution >= 0.6 is 0 Å². The fraction of sp³-hybridized carbons (Fsp3) is 0.381. The lowest BCUT2D eigenvalue weighted by Gasteiger charge is -2.40. The largest absolute Gasteiger partial charge is 0.368 e. The number of benzene rings is 1. The predicted molar refractivity (Wildman–Crippen MR) is 105 cm³/mol. The molecule has 0 bridgehead atoms. The Morgan fingerprint density at radius 3 is 2.85 bits per heavy atom. The molecule has 1 aromatic carbocycles. The number of rotatable bonds is 3. The highest BCUT2D eigenvalue weighted by Crippen LogP contribution is 2.44. The lowest BCUT2D eigenvalue weighted by Crippen LogP contribution is -2.45. The van der Waals surface area contributed by atoms with Crippen molar-refractivity contribution >= 4 is 5.95 Å². The number of likely N-dealkylation sites (tertiary alicyclic amines) is 1. The molecule has 6 nitrogen and oxygen atoms in total. The van der Waals surface area contributed by atoms with Crippen molar-refractivity contribution in [3.8, 4) is 5.69 Å². The van der Waals surface area contributed by atoms with E-state index in [2.05, 4.69) is 44.1 Å². The zero-order valence-corrected chi connectivity index (χ0v) is 15.4. The van der Waals surface area contributed by atoms with Crippen LogP contribution in [0.4, 0.5) is 5.95 Å². The molecule has 138 valence electrons. The predicted octanol–water partition coefficient (Wildman–Crippen LogP) is 2.72. The van der Waals surface area contributed by atoms with Gasteiger partial charge in [0.25, 0.3) is 0 Å². The van der Waals surface area contributed by atoms with E-state index in [1.165, 1.54) is 29.7 Å². The minimum absolute atomic E-state index is 0.154. The zero-order valence-electron chi connectivity index (χ0n) is 15.4. The second-order valence-electron chi connectivity index (χ2n) is 7.83. The maximum atomic E-state index is 5.89.